The van der Waals surface area contributed by atoms with Crippen molar-refractivity contribution in [3.63, 3.8) is 0 Å². The minimum atomic E-state index is 0.533. The summed E-state index contributed by atoms with van der Waals surface area (Å²) >= 11 is 6.01. The van der Waals surface area contributed by atoms with Gasteiger partial charge in [0, 0.05) is 5.02 Å². The van der Waals surface area contributed by atoms with E-state index in [0.717, 1.165) is 5.56 Å². The van der Waals surface area contributed by atoms with Gasteiger partial charge in [0.2, 0.25) is 0 Å². The average Bonchev–Trinajstić information content (AvgIpc) is 3.17. The molecule has 1 aromatic carbocycles. The Morgan fingerprint density at radius 1 is 1.14 bits per heavy atom. The van der Waals surface area contributed by atoms with Gasteiger partial charge in [0.1, 0.15) is 12.0 Å². The largest absolute Gasteiger partial charge is 0.463 e. The molecule has 3 aromatic heterocycles. The fourth-order valence-corrected chi connectivity index (χ4v) is 2.51. The molecule has 0 spiro atoms. The summed E-state index contributed by atoms with van der Waals surface area (Å²) < 4.78 is 7.10. The SMILES string of the molecule is Clc1cccc(Cn2nnc3c(-c4ccco4)ncnc32)c1. The first-order valence-electron chi connectivity index (χ1n) is 6.64. The lowest BCUT2D eigenvalue weighted by Gasteiger charge is -2.03. The molecule has 0 atom stereocenters. The normalized spacial score (nSPS) is 11.1. The second-order valence-electron chi connectivity index (χ2n) is 4.75. The van der Waals surface area contributed by atoms with Crippen LogP contribution >= 0.6 is 11.6 Å². The van der Waals surface area contributed by atoms with Gasteiger partial charge in [-0.25, -0.2) is 14.6 Å². The molecule has 0 saturated carbocycles. The first-order chi connectivity index (χ1) is 10.8. The molecule has 6 nitrogen and oxygen atoms in total. The van der Waals surface area contributed by atoms with E-state index in [4.69, 9.17) is 16.0 Å². The second kappa shape index (κ2) is 5.23. The molecule has 4 rings (SSSR count). The molecular weight excluding hydrogens is 302 g/mol. The molecule has 4 aromatic rings. The minimum Gasteiger partial charge on any atom is -0.463 e. The number of benzene rings is 1. The third kappa shape index (κ3) is 2.23. The highest BCUT2D eigenvalue weighted by atomic mass is 35.5. The van der Waals surface area contributed by atoms with Crippen molar-refractivity contribution in [1.29, 1.82) is 0 Å². The zero-order chi connectivity index (χ0) is 14.9. The quantitative estimate of drug-likeness (QED) is 0.581. The summed E-state index contributed by atoms with van der Waals surface area (Å²) in [5, 5.41) is 9.05. The van der Waals surface area contributed by atoms with Crippen LogP contribution in [0, 0.1) is 0 Å². The summed E-state index contributed by atoms with van der Waals surface area (Å²) in [5.74, 6) is 0.641. The fraction of sp³-hybridized carbons (Fsp3) is 0.0667. The molecule has 0 unspecified atom stereocenters. The van der Waals surface area contributed by atoms with Gasteiger partial charge in [-0.2, -0.15) is 0 Å². The number of halogens is 1. The summed E-state index contributed by atoms with van der Waals surface area (Å²) in [6, 6.07) is 11.2. The average molecular weight is 312 g/mol. The van der Waals surface area contributed by atoms with Crippen LogP contribution in [-0.4, -0.2) is 25.0 Å². The van der Waals surface area contributed by atoms with E-state index in [-0.39, 0.29) is 0 Å². The molecule has 0 aliphatic heterocycles. The predicted octanol–water partition coefficient (Wildman–Crippen LogP) is 3.18. The summed E-state index contributed by atoms with van der Waals surface area (Å²) in [7, 11) is 0. The van der Waals surface area contributed by atoms with Crippen molar-refractivity contribution >= 4 is 22.8 Å². The standard InChI is InChI=1S/C15H10ClN5O/c16-11-4-1-3-10(7-11)8-21-15-14(19-20-21)13(17-9-18-15)12-5-2-6-22-12/h1-7,9H,8H2. The minimum absolute atomic E-state index is 0.533. The molecular formula is C15H10ClN5O. The van der Waals surface area contributed by atoms with Crippen LogP contribution < -0.4 is 0 Å². The van der Waals surface area contributed by atoms with E-state index in [9.17, 15) is 0 Å². The van der Waals surface area contributed by atoms with Crippen molar-refractivity contribution in [2.75, 3.05) is 0 Å². The number of aromatic nitrogens is 5. The Morgan fingerprint density at radius 2 is 2.09 bits per heavy atom. The summed E-state index contributed by atoms with van der Waals surface area (Å²) in [5.41, 5.74) is 2.92. The van der Waals surface area contributed by atoms with Crippen LogP contribution in [0.25, 0.3) is 22.6 Å². The topological polar surface area (TPSA) is 69.6 Å². The molecule has 108 valence electrons. The number of fused-ring (bicyclic) bond motifs is 1. The number of rotatable bonds is 3. The highest BCUT2D eigenvalue weighted by Crippen LogP contribution is 2.24. The molecule has 0 radical (unpaired) electrons. The Kier molecular flexibility index (Phi) is 3.08. The lowest BCUT2D eigenvalue weighted by Crippen LogP contribution is -2.03. The molecule has 0 saturated heterocycles. The lowest BCUT2D eigenvalue weighted by molar-refractivity contribution is 0.580. The lowest BCUT2D eigenvalue weighted by atomic mass is 10.2. The van der Waals surface area contributed by atoms with Gasteiger partial charge >= 0.3 is 0 Å². The van der Waals surface area contributed by atoms with Gasteiger partial charge in [0.25, 0.3) is 0 Å². The fourth-order valence-electron chi connectivity index (χ4n) is 2.30. The maximum atomic E-state index is 6.01. The van der Waals surface area contributed by atoms with Gasteiger partial charge in [-0.15, -0.1) is 5.10 Å². The Labute approximate surface area is 130 Å². The third-order valence-corrected chi connectivity index (χ3v) is 3.51. The van der Waals surface area contributed by atoms with Crippen LogP contribution in [0.3, 0.4) is 0 Å². The third-order valence-electron chi connectivity index (χ3n) is 3.28. The van der Waals surface area contributed by atoms with E-state index in [1.165, 1.54) is 6.33 Å². The monoisotopic (exact) mass is 311 g/mol. The Bertz CT molecular complexity index is 932. The number of hydrogen-bond acceptors (Lipinski definition) is 5. The molecule has 0 aliphatic rings. The van der Waals surface area contributed by atoms with E-state index in [2.05, 4.69) is 20.3 Å². The van der Waals surface area contributed by atoms with E-state index in [1.807, 2.05) is 30.3 Å². The van der Waals surface area contributed by atoms with Crippen molar-refractivity contribution < 1.29 is 4.42 Å². The van der Waals surface area contributed by atoms with Crippen molar-refractivity contribution in [2.45, 2.75) is 6.54 Å². The van der Waals surface area contributed by atoms with Crippen LogP contribution in [0.1, 0.15) is 5.56 Å². The van der Waals surface area contributed by atoms with Crippen LogP contribution in [0.2, 0.25) is 5.02 Å². The zero-order valence-electron chi connectivity index (χ0n) is 11.3. The molecule has 0 fully saturated rings. The number of furan rings is 1. The van der Waals surface area contributed by atoms with Gasteiger partial charge in [-0.3, -0.25) is 0 Å². The first kappa shape index (κ1) is 13.0. The van der Waals surface area contributed by atoms with Crippen molar-refractivity contribution in [1.82, 2.24) is 25.0 Å². The smallest absolute Gasteiger partial charge is 0.182 e. The van der Waals surface area contributed by atoms with Gasteiger partial charge < -0.3 is 4.42 Å². The molecule has 3 heterocycles. The maximum Gasteiger partial charge on any atom is 0.182 e. The molecule has 0 N–H and O–H groups in total. The molecule has 0 aliphatic carbocycles. The van der Waals surface area contributed by atoms with Crippen molar-refractivity contribution in [3.8, 4) is 11.5 Å². The Hall–Kier alpha value is -2.73. The van der Waals surface area contributed by atoms with Gasteiger partial charge in [0.15, 0.2) is 16.9 Å². The van der Waals surface area contributed by atoms with Crippen molar-refractivity contribution in [2.24, 2.45) is 0 Å². The first-order valence-corrected chi connectivity index (χ1v) is 7.01. The van der Waals surface area contributed by atoms with Gasteiger partial charge in [-0.05, 0) is 29.8 Å². The maximum absolute atomic E-state index is 6.01. The summed E-state index contributed by atoms with van der Waals surface area (Å²) in [6.07, 6.45) is 3.08. The second-order valence-corrected chi connectivity index (χ2v) is 5.19. The molecule has 0 bridgehead atoms. The number of hydrogen-bond donors (Lipinski definition) is 0. The van der Waals surface area contributed by atoms with Crippen LogP contribution in [-0.2, 0) is 6.54 Å². The predicted molar refractivity (Wildman–Crippen MR) is 81.4 cm³/mol. The molecule has 22 heavy (non-hydrogen) atoms. The number of nitrogens with zero attached hydrogens (tertiary/aromatic N) is 5. The highest BCUT2D eigenvalue weighted by molar-refractivity contribution is 6.30. The van der Waals surface area contributed by atoms with Crippen LogP contribution in [0.4, 0.5) is 0 Å². The van der Waals surface area contributed by atoms with Gasteiger partial charge in [0.05, 0.1) is 12.8 Å². The Morgan fingerprint density at radius 3 is 2.91 bits per heavy atom. The highest BCUT2D eigenvalue weighted by Gasteiger charge is 2.15. The van der Waals surface area contributed by atoms with E-state index in [1.54, 1.807) is 17.0 Å². The Balaban J connectivity index is 1.79. The van der Waals surface area contributed by atoms with E-state index >= 15 is 0 Å². The van der Waals surface area contributed by atoms with Gasteiger partial charge in [-0.1, -0.05) is 28.9 Å². The summed E-state index contributed by atoms with van der Waals surface area (Å²) in [4.78, 5) is 8.52. The van der Waals surface area contributed by atoms with E-state index < -0.39 is 0 Å². The van der Waals surface area contributed by atoms with Crippen molar-refractivity contribution in [3.05, 3.63) is 59.6 Å². The molecule has 0 amide bonds. The molecule has 7 heteroatoms. The van der Waals surface area contributed by atoms with E-state index in [0.29, 0.717) is 34.2 Å². The van der Waals surface area contributed by atoms with Crippen LogP contribution in [0.5, 0.6) is 0 Å². The summed E-state index contributed by atoms with van der Waals surface area (Å²) in [6.45, 7) is 0.533. The zero-order valence-corrected chi connectivity index (χ0v) is 12.1. The van der Waals surface area contributed by atoms with Crippen LogP contribution in [0.15, 0.2) is 53.4 Å².